The molecule has 1 saturated carbocycles. The molecule has 0 aromatic heterocycles. The first kappa shape index (κ1) is 27.1. The van der Waals surface area contributed by atoms with Crippen molar-refractivity contribution in [3.8, 4) is 0 Å². The van der Waals surface area contributed by atoms with Crippen molar-refractivity contribution in [3.63, 3.8) is 0 Å². The lowest BCUT2D eigenvalue weighted by molar-refractivity contribution is -0.207. The molecule has 7 atom stereocenters. The lowest BCUT2D eigenvalue weighted by Gasteiger charge is -2.47. The summed E-state index contributed by atoms with van der Waals surface area (Å²) in [7, 11) is 1.36. The van der Waals surface area contributed by atoms with E-state index in [0.29, 0.717) is 0 Å². The average Bonchev–Trinajstić information content (AvgIpc) is 3.09. The van der Waals surface area contributed by atoms with Crippen LogP contribution in [0.1, 0.15) is 54.9 Å². The Morgan fingerprint density at radius 3 is 2.06 bits per heavy atom. The molecule has 2 aliphatic heterocycles. The number of aliphatic hydroxyl groups is 2. The Morgan fingerprint density at radius 1 is 1.09 bits per heavy atom. The molecule has 13 nitrogen and oxygen atoms in total. The van der Waals surface area contributed by atoms with Crippen LogP contribution in [0, 0.1) is 5.92 Å². The molecule has 3 rings (SSSR count). The predicted octanol–water partition coefficient (Wildman–Crippen LogP) is 0.559. The average molecular weight is 502 g/mol. The number of aliphatic imine (C=N–C) groups is 1. The quantitative estimate of drug-likeness (QED) is 0.181. The number of hydrogen-bond donors (Lipinski definition) is 4. The summed E-state index contributed by atoms with van der Waals surface area (Å²) in [5, 5.41) is 26.4. The zero-order chi connectivity index (χ0) is 26.6. The van der Waals surface area contributed by atoms with Crippen molar-refractivity contribution >= 4 is 24.1 Å². The van der Waals surface area contributed by atoms with E-state index in [4.69, 9.17) is 23.7 Å². The van der Waals surface area contributed by atoms with Gasteiger partial charge in [-0.1, -0.05) is 0 Å². The number of carbonyl (C=O) groups excluding carboxylic acids is 3. The SMILES string of the molecule is CO[C@H]1O[C@@H]2C(=O)O[C@@H]3[C@H](O)[C@@](C)(O)C[C@H]1[C@]23N=C(NC(=O)OC(C)(C)C)NC(=O)OC(C)(C)C. The molecule has 4 N–H and O–H groups in total. The van der Waals surface area contributed by atoms with Gasteiger partial charge in [0.2, 0.25) is 5.96 Å². The molecule has 0 radical (unpaired) electrons. The second kappa shape index (κ2) is 8.87. The number of nitrogens with zero attached hydrogens (tertiary/aromatic N) is 1. The summed E-state index contributed by atoms with van der Waals surface area (Å²) in [6.45, 7) is 11.3. The lowest BCUT2D eigenvalue weighted by atomic mass is 9.64. The van der Waals surface area contributed by atoms with Crippen molar-refractivity contribution in [2.45, 2.75) is 102 Å². The number of nitrogens with one attached hydrogen (secondary N) is 2. The van der Waals surface area contributed by atoms with Crippen LogP contribution in [-0.2, 0) is 28.5 Å². The van der Waals surface area contributed by atoms with E-state index in [1.807, 2.05) is 0 Å². The van der Waals surface area contributed by atoms with E-state index >= 15 is 0 Å². The predicted molar refractivity (Wildman–Crippen MR) is 119 cm³/mol. The minimum absolute atomic E-state index is 0.0774. The van der Waals surface area contributed by atoms with Crippen LogP contribution >= 0.6 is 0 Å². The zero-order valence-electron chi connectivity index (χ0n) is 21.2. The van der Waals surface area contributed by atoms with Gasteiger partial charge in [0.25, 0.3) is 0 Å². The molecular formula is C22H35N3O10. The van der Waals surface area contributed by atoms with Crippen molar-refractivity contribution in [1.82, 2.24) is 10.6 Å². The molecule has 2 heterocycles. The van der Waals surface area contributed by atoms with Gasteiger partial charge in [-0.25, -0.2) is 19.4 Å². The van der Waals surface area contributed by atoms with Crippen LogP contribution in [-0.4, -0.2) is 88.4 Å². The summed E-state index contributed by atoms with van der Waals surface area (Å²) < 4.78 is 27.1. The maximum absolute atomic E-state index is 12.7. The highest BCUT2D eigenvalue weighted by molar-refractivity contribution is 6.02. The number of carbonyl (C=O) groups is 3. The fourth-order valence-corrected chi connectivity index (χ4v) is 4.61. The molecule has 2 amide bonds. The largest absolute Gasteiger partial charge is 0.455 e. The molecular weight excluding hydrogens is 466 g/mol. The number of amides is 2. The number of methoxy groups -OCH3 is 1. The minimum atomic E-state index is -1.66. The molecule has 0 aromatic rings. The van der Waals surface area contributed by atoms with Gasteiger partial charge in [-0.3, -0.25) is 10.6 Å². The van der Waals surface area contributed by atoms with Crippen molar-refractivity contribution in [3.05, 3.63) is 0 Å². The Morgan fingerprint density at radius 2 is 1.60 bits per heavy atom. The van der Waals surface area contributed by atoms with Crippen LogP contribution in [0.5, 0.6) is 0 Å². The molecule has 0 bridgehead atoms. The number of esters is 1. The van der Waals surface area contributed by atoms with Crippen LogP contribution in [0.25, 0.3) is 0 Å². The zero-order valence-corrected chi connectivity index (χ0v) is 21.2. The summed E-state index contributed by atoms with van der Waals surface area (Å²) in [6, 6.07) is 0. The molecule has 35 heavy (non-hydrogen) atoms. The van der Waals surface area contributed by atoms with E-state index in [2.05, 4.69) is 15.6 Å². The molecule has 1 aliphatic carbocycles. The summed E-state index contributed by atoms with van der Waals surface area (Å²) in [4.78, 5) is 42.4. The summed E-state index contributed by atoms with van der Waals surface area (Å²) in [5.41, 5.74) is -5.03. The molecule has 198 valence electrons. The molecule has 0 unspecified atom stereocenters. The fraction of sp³-hybridized carbons (Fsp3) is 0.818. The van der Waals surface area contributed by atoms with Gasteiger partial charge in [0.05, 0.1) is 5.60 Å². The number of ether oxygens (including phenoxy) is 5. The van der Waals surface area contributed by atoms with Crippen molar-refractivity contribution in [2.24, 2.45) is 10.9 Å². The number of alkyl carbamates (subject to hydrolysis) is 2. The van der Waals surface area contributed by atoms with Gasteiger partial charge in [-0.2, -0.15) is 0 Å². The van der Waals surface area contributed by atoms with Gasteiger partial charge in [-0.15, -0.1) is 0 Å². The van der Waals surface area contributed by atoms with Gasteiger partial charge in [0, 0.05) is 13.0 Å². The molecule has 3 fully saturated rings. The second-order valence-electron chi connectivity index (χ2n) is 11.2. The van der Waals surface area contributed by atoms with Gasteiger partial charge < -0.3 is 33.9 Å². The smallest absolute Gasteiger partial charge is 0.414 e. The summed E-state index contributed by atoms with van der Waals surface area (Å²) in [5.74, 6) is -2.03. The van der Waals surface area contributed by atoms with Gasteiger partial charge in [0.15, 0.2) is 18.5 Å². The summed E-state index contributed by atoms with van der Waals surface area (Å²) >= 11 is 0. The maximum Gasteiger partial charge on any atom is 0.414 e. The fourth-order valence-electron chi connectivity index (χ4n) is 4.61. The standard InChI is InChI=1S/C22H35N3O10/c1-19(2,3)34-17(28)23-16(24-18(29)35-20(4,5)6)25-22-10-9-21(7,30)11(26)12(22)32-14(27)13(22)33-15(10)31-8/h10-13,15,26,30H,9H2,1-8H3,(H2,23,24,25,28,29)/t10-,11+,12-,13-,15+,21+,22-/m1/s1. The van der Waals surface area contributed by atoms with Gasteiger partial charge in [0.1, 0.15) is 22.8 Å². The molecule has 2 saturated heterocycles. The van der Waals surface area contributed by atoms with E-state index in [1.165, 1.54) is 14.0 Å². The van der Waals surface area contributed by atoms with E-state index < -0.39 is 77.0 Å². The number of aliphatic hydroxyl groups excluding tert-OH is 1. The third-order valence-electron chi connectivity index (χ3n) is 5.86. The highest BCUT2D eigenvalue weighted by atomic mass is 16.7. The maximum atomic E-state index is 12.7. The number of hydrogen-bond acceptors (Lipinski definition) is 11. The van der Waals surface area contributed by atoms with E-state index in [1.54, 1.807) is 41.5 Å². The lowest BCUT2D eigenvalue weighted by Crippen LogP contribution is -2.66. The third-order valence-corrected chi connectivity index (χ3v) is 5.86. The highest BCUT2D eigenvalue weighted by Crippen LogP contribution is 2.56. The highest BCUT2D eigenvalue weighted by Gasteiger charge is 2.76. The Hall–Kier alpha value is -2.48. The first-order valence-corrected chi connectivity index (χ1v) is 11.3. The van der Waals surface area contributed by atoms with Gasteiger partial charge >= 0.3 is 18.2 Å². The third kappa shape index (κ3) is 5.37. The van der Waals surface area contributed by atoms with Gasteiger partial charge in [-0.05, 0) is 54.9 Å². The second-order valence-corrected chi connectivity index (χ2v) is 11.2. The monoisotopic (exact) mass is 501 g/mol. The van der Waals surface area contributed by atoms with Crippen LogP contribution in [0.2, 0.25) is 0 Å². The van der Waals surface area contributed by atoms with Crippen molar-refractivity contribution in [2.75, 3.05) is 7.11 Å². The van der Waals surface area contributed by atoms with Crippen LogP contribution in [0.3, 0.4) is 0 Å². The Bertz CT molecular complexity index is 874. The minimum Gasteiger partial charge on any atom is -0.455 e. The Kier molecular flexibility index (Phi) is 6.87. The topological polar surface area (TPSA) is 174 Å². The van der Waals surface area contributed by atoms with E-state index in [9.17, 15) is 24.6 Å². The van der Waals surface area contributed by atoms with Crippen molar-refractivity contribution < 1.29 is 48.3 Å². The number of rotatable bonds is 2. The molecule has 3 aliphatic rings. The molecule has 0 aromatic carbocycles. The van der Waals surface area contributed by atoms with Crippen molar-refractivity contribution in [1.29, 1.82) is 0 Å². The first-order valence-electron chi connectivity index (χ1n) is 11.3. The molecule has 0 spiro atoms. The van der Waals surface area contributed by atoms with Crippen LogP contribution in [0.4, 0.5) is 9.59 Å². The van der Waals surface area contributed by atoms with E-state index in [0.717, 1.165) is 0 Å². The number of guanidine groups is 1. The van der Waals surface area contributed by atoms with E-state index in [-0.39, 0.29) is 6.42 Å². The Labute approximate surface area is 203 Å². The summed E-state index contributed by atoms with van der Waals surface area (Å²) in [6.07, 6.45) is -7.17. The normalized spacial score (nSPS) is 36.1. The first-order chi connectivity index (χ1) is 15.9. The Balaban J connectivity index is 2.08. The van der Waals surface area contributed by atoms with Crippen LogP contribution in [0.15, 0.2) is 4.99 Å². The van der Waals surface area contributed by atoms with Crippen LogP contribution < -0.4 is 10.6 Å². The molecule has 13 heteroatoms.